The van der Waals surface area contributed by atoms with Gasteiger partial charge in [0.1, 0.15) is 0 Å². The van der Waals surface area contributed by atoms with Gasteiger partial charge >= 0.3 is 5.97 Å². The van der Waals surface area contributed by atoms with Gasteiger partial charge < -0.3 is 4.74 Å². The quantitative estimate of drug-likeness (QED) is 0.770. The summed E-state index contributed by atoms with van der Waals surface area (Å²) in [5.74, 6) is -0.241. The van der Waals surface area contributed by atoms with Crippen LogP contribution in [0.5, 0.6) is 0 Å². The van der Waals surface area contributed by atoms with E-state index in [1.165, 1.54) is 5.56 Å². The molecule has 0 spiro atoms. The summed E-state index contributed by atoms with van der Waals surface area (Å²) < 4.78 is 5.94. The SMILES string of the molecule is CCOC(=O)C1=C(Br)Cc2ccccc21. The average Bonchev–Trinajstić information content (AvgIpc) is 2.54. The van der Waals surface area contributed by atoms with Crippen molar-refractivity contribution in [3.8, 4) is 0 Å². The molecular formula is C12H11BrO2. The third-order valence-electron chi connectivity index (χ3n) is 2.38. The average molecular weight is 267 g/mol. The first-order chi connectivity index (χ1) is 7.24. The minimum Gasteiger partial charge on any atom is -0.462 e. The van der Waals surface area contributed by atoms with E-state index >= 15 is 0 Å². The fourth-order valence-electron chi connectivity index (χ4n) is 1.74. The van der Waals surface area contributed by atoms with Gasteiger partial charge in [-0.3, -0.25) is 0 Å². The molecule has 1 aliphatic rings. The Bertz CT molecular complexity index is 435. The molecule has 2 rings (SSSR count). The van der Waals surface area contributed by atoms with Gasteiger partial charge in [-0.15, -0.1) is 0 Å². The Hall–Kier alpha value is -1.09. The Morgan fingerprint density at radius 3 is 2.93 bits per heavy atom. The zero-order chi connectivity index (χ0) is 10.8. The predicted molar refractivity (Wildman–Crippen MR) is 62.6 cm³/mol. The molecule has 1 aromatic carbocycles. The normalized spacial score (nSPS) is 14.0. The molecule has 0 aromatic heterocycles. The van der Waals surface area contributed by atoms with E-state index < -0.39 is 0 Å². The molecule has 0 saturated carbocycles. The second-order valence-electron chi connectivity index (χ2n) is 3.33. The summed E-state index contributed by atoms with van der Waals surface area (Å²) in [5, 5.41) is 0. The maximum absolute atomic E-state index is 11.7. The molecule has 15 heavy (non-hydrogen) atoms. The van der Waals surface area contributed by atoms with Crippen molar-refractivity contribution in [3.05, 3.63) is 39.9 Å². The maximum atomic E-state index is 11.7. The molecule has 0 heterocycles. The lowest BCUT2D eigenvalue weighted by Gasteiger charge is -2.04. The highest BCUT2D eigenvalue weighted by Gasteiger charge is 2.25. The molecule has 78 valence electrons. The van der Waals surface area contributed by atoms with Gasteiger partial charge in [-0.05, 0) is 18.1 Å². The monoisotopic (exact) mass is 266 g/mol. The van der Waals surface area contributed by atoms with Crippen molar-refractivity contribution in [2.24, 2.45) is 0 Å². The lowest BCUT2D eigenvalue weighted by atomic mass is 10.1. The summed E-state index contributed by atoms with van der Waals surface area (Å²) in [4.78, 5) is 11.7. The zero-order valence-electron chi connectivity index (χ0n) is 8.42. The van der Waals surface area contributed by atoms with Gasteiger partial charge in [0.15, 0.2) is 0 Å². The number of hydrogen-bond donors (Lipinski definition) is 0. The highest BCUT2D eigenvalue weighted by molar-refractivity contribution is 9.11. The molecule has 2 nitrogen and oxygen atoms in total. The molecule has 0 bridgehead atoms. The third kappa shape index (κ3) is 1.84. The Kier molecular flexibility index (Phi) is 2.91. The van der Waals surface area contributed by atoms with Crippen molar-refractivity contribution in [1.82, 2.24) is 0 Å². The number of hydrogen-bond acceptors (Lipinski definition) is 2. The van der Waals surface area contributed by atoms with Crippen LogP contribution in [-0.2, 0) is 16.0 Å². The molecule has 1 aromatic rings. The molecular weight excluding hydrogens is 256 g/mol. The summed E-state index contributed by atoms with van der Waals surface area (Å²) >= 11 is 3.43. The van der Waals surface area contributed by atoms with Gasteiger partial charge in [-0.1, -0.05) is 40.2 Å². The van der Waals surface area contributed by atoms with Crippen molar-refractivity contribution in [2.75, 3.05) is 6.61 Å². The lowest BCUT2D eigenvalue weighted by Crippen LogP contribution is -2.06. The van der Waals surface area contributed by atoms with Crippen LogP contribution < -0.4 is 0 Å². The second-order valence-corrected chi connectivity index (χ2v) is 4.29. The highest BCUT2D eigenvalue weighted by atomic mass is 79.9. The van der Waals surface area contributed by atoms with E-state index in [2.05, 4.69) is 15.9 Å². The second kappa shape index (κ2) is 4.19. The molecule has 0 radical (unpaired) electrons. The van der Waals surface area contributed by atoms with Gasteiger partial charge in [0.2, 0.25) is 0 Å². The third-order valence-corrected chi connectivity index (χ3v) is 3.06. The van der Waals surface area contributed by atoms with Crippen molar-refractivity contribution >= 4 is 27.5 Å². The molecule has 0 amide bonds. The van der Waals surface area contributed by atoms with E-state index in [0.717, 1.165) is 16.5 Å². The number of halogens is 1. The number of allylic oxidation sites excluding steroid dienone is 1. The first-order valence-electron chi connectivity index (χ1n) is 4.88. The minimum absolute atomic E-state index is 0.241. The van der Waals surface area contributed by atoms with Gasteiger partial charge in [0.25, 0.3) is 0 Å². The number of benzene rings is 1. The molecule has 0 aliphatic heterocycles. The summed E-state index contributed by atoms with van der Waals surface area (Å²) in [6.07, 6.45) is 0.782. The van der Waals surface area contributed by atoms with Gasteiger partial charge in [-0.25, -0.2) is 4.79 Å². The van der Waals surface area contributed by atoms with Crippen LogP contribution >= 0.6 is 15.9 Å². The van der Waals surface area contributed by atoms with Crippen molar-refractivity contribution < 1.29 is 9.53 Å². The predicted octanol–water partition coefficient (Wildman–Crippen LogP) is 2.91. The fourth-order valence-corrected chi connectivity index (χ4v) is 2.42. The standard InChI is InChI=1S/C12H11BrO2/c1-2-15-12(14)11-9-6-4-3-5-8(9)7-10(11)13/h3-6H,2,7H2,1H3. The number of rotatable bonds is 2. The van der Waals surface area contributed by atoms with Crippen LogP contribution in [0.15, 0.2) is 28.7 Å². The highest BCUT2D eigenvalue weighted by Crippen LogP contribution is 2.36. The van der Waals surface area contributed by atoms with Crippen LogP contribution in [0, 0.1) is 0 Å². The Balaban J connectivity index is 2.40. The van der Waals surface area contributed by atoms with Crippen LogP contribution in [-0.4, -0.2) is 12.6 Å². The van der Waals surface area contributed by atoms with E-state index in [1.54, 1.807) is 0 Å². The molecule has 0 unspecified atom stereocenters. The Labute approximate surface area is 97.1 Å². The van der Waals surface area contributed by atoms with E-state index in [0.29, 0.717) is 12.2 Å². The Morgan fingerprint density at radius 2 is 2.20 bits per heavy atom. The first-order valence-corrected chi connectivity index (χ1v) is 5.67. The summed E-state index contributed by atoms with van der Waals surface area (Å²) in [6, 6.07) is 7.90. The molecule has 3 heteroatoms. The summed E-state index contributed by atoms with van der Waals surface area (Å²) in [6.45, 7) is 2.22. The van der Waals surface area contributed by atoms with E-state index in [4.69, 9.17) is 4.74 Å². The van der Waals surface area contributed by atoms with Crippen LogP contribution in [0.25, 0.3) is 5.57 Å². The van der Waals surface area contributed by atoms with Crippen molar-refractivity contribution in [3.63, 3.8) is 0 Å². The van der Waals surface area contributed by atoms with E-state index in [9.17, 15) is 4.79 Å². The van der Waals surface area contributed by atoms with Gasteiger partial charge in [0.05, 0.1) is 12.2 Å². The van der Waals surface area contributed by atoms with E-state index in [-0.39, 0.29) is 5.97 Å². The zero-order valence-corrected chi connectivity index (χ0v) is 10.0. The Morgan fingerprint density at radius 1 is 1.47 bits per heavy atom. The molecule has 0 N–H and O–H groups in total. The fraction of sp³-hybridized carbons (Fsp3) is 0.250. The van der Waals surface area contributed by atoms with Crippen LogP contribution in [0.1, 0.15) is 18.1 Å². The largest absolute Gasteiger partial charge is 0.462 e. The smallest absolute Gasteiger partial charge is 0.339 e. The van der Waals surface area contributed by atoms with Crippen LogP contribution in [0.4, 0.5) is 0 Å². The van der Waals surface area contributed by atoms with Gasteiger partial charge in [0, 0.05) is 10.9 Å². The molecule has 0 atom stereocenters. The number of ether oxygens (including phenoxy) is 1. The van der Waals surface area contributed by atoms with E-state index in [1.807, 2.05) is 31.2 Å². The number of carbonyl (C=O) groups is 1. The minimum atomic E-state index is -0.241. The van der Waals surface area contributed by atoms with Crippen molar-refractivity contribution in [1.29, 1.82) is 0 Å². The topological polar surface area (TPSA) is 26.3 Å². The first kappa shape index (κ1) is 10.4. The number of carbonyl (C=O) groups excluding carboxylic acids is 1. The lowest BCUT2D eigenvalue weighted by molar-refractivity contribution is -0.136. The van der Waals surface area contributed by atoms with Crippen LogP contribution in [0.2, 0.25) is 0 Å². The summed E-state index contributed by atoms with van der Waals surface area (Å²) in [5.41, 5.74) is 2.84. The molecule has 0 fully saturated rings. The molecule has 0 saturated heterocycles. The molecule has 1 aliphatic carbocycles. The van der Waals surface area contributed by atoms with Crippen LogP contribution in [0.3, 0.4) is 0 Å². The number of fused-ring (bicyclic) bond motifs is 1. The summed E-state index contributed by atoms with van der Waals surface area (Å²) in [7, 11) is 0. The van der Waals surface area contributed by atoms with Gasteiger partial charge in [-0.2, -0.15) is 0 Å². The number of esters is 1. The van der Waals surface area contributed by atoms with Crippen molar-refractivity contribution in [2.45, 2.75) is 13.3 Å². The maximum Gasteiger partial charge on any atom is 0.339 e.